The van der Waals surface area contributed by atoms with Gasteiger partial charge in [-0.3, -0.25) is 9.52 Å². The Kier molecular flexibility index (Phi) is 7.16. The van der Waals surface area contributed by atoms with Crippen LogP contribution in [-0.2, 0) is 17.1 Å². The predicted octanol–water partition coefficient (Wildman–Crippen LogP) is 3.97. The molecule has 0 radical (unpaired) electrons. The minimum atomic E-state index is -3.62. The van der Waals surface area contributed by atoms with Crippen LogP contribution in [0, 0.1) is 5.92 Å². The summed E-state index contributed by atoms with van der Waals surface area (Å²) < 4.78 is 41.2. The lowest BCUT2D eigenvalue weighted by Gasteiger charge is -2.13. The van der Waals surface area contributed by atoms with Crippen LogP contribution in [0.25, 0.3) is 11.3 Å². The summed E-state index contributed by atoms with van der Waals surface area (Å²) in [5, 5.41) is 0. The number of anilines is 1. The van der Waals surface area contributed by atoms with Crippen LogP contribution in [0.4, 0.5) is 5.82 Å². The smallest absolute Gasteiger partial charge is 0.324 e. The molecule has 0 fully saturated rings. The second-order valence-electron chi connectivity index (χ2n) is 8.52. The lowest BCUT2D eigenvalue weighted by molar-refractivity contribution is 0.291. The van der Waals surface area contributed by atoms with Crippen molar-refractivity contribution < 1.29 is 17.9 Å². The SMILES string of the molecule is CC1CCCOc2cccc(c2)Oc2nc(cc(-c3ccc(=O)n(C)c3)n2)NS(=O)(=O)CCC1. The van der Waals surface area contributed by atoms with E-state index >= 15 is 0 Å². The van der Waals surface area contributed by atoms with Gasteiger partial charge in [-0.15, -0.1) is 0 Å². The van der Waals surface area contributed by atoms with Crippen LogP contribution in [0.5, 0.6) is 17.5 Å². The van der Waals surface area contributed by atoms with E-state index in [2.05, 4.69) is 21.6 Å². The van der Waals surface area contributed by atoms with Crippen LogP contribution >= 0.6 is 0 Å². The van der Waals surface area contributed by atoms with E-state index in [9.17, 15) is 13.2 Å². The van der Waals surface area contributed by atoms with Gasteiger partial charge in [0.1, 0.15) is 17.3 Å². The molecule has 180 valence electrons. The van der Waals surface area contributed by atoms with Gasteiger partial charge in [0.05, 0.1) is 18.1 Å². The van der Waals surface area contributed by atoms with Crippen LogP contribution in [0.15, 0.2) is 53.5 Å². The van der Waals surface area contributed by atoms with Crippen LogP contribution < -0.4 is 19.8 Å². The van der Waals surface area contributed by atoms with E-state index in [1.54, 1.807) is 31.4 Å². The van der Waals surface area contributed by atoms with Crippen molar-refractivity contribution in [3.05, 3.63) is 59.0 Å². The Bertz CT molecular complexity index is 1320. The molecule has 34 heavy (non-hydrogen) atoms. The third kappa shape index (κ3) is 6.34. The minimum Gasteiger partial charge on any atom is -0.493 e. The molecular weight excluding hydrogens is 456 g/mol. The molecule has 4 rings (SSSR count). The molecule has 1 aliphatic rings. The molecule has 1 N–H and O–H groups in total. The van der Waals surface area contributed by atoms with Crippen LogP contribution in [0.2, 0.25) is 0 Å². The average molecular weight is 485 g/mol. The van der Waals surface area contributed by atoms with Crippen LogP contribution in [-0.4, -0.2) is 35.3 Å². The summed E-state index contributed by atoms with van der Waals surface area (Å²) in [7, 11) is -1.99. The highest BCUT2D eigenvalue weighted by Crippen LogP contribution is 2.28. The summed E-state index contributed by atoms with van der Waals surface area (Å²) in [6.07, 6.45) is 4.80. The lowest BCUT2D eigenvalue weighted by Crippen LogP contribution is -2.18. The molecule has 0 amide bonds. The van der Waals surface area contributed by atoms with Crippen molar-refractivity contribution in [2.24, 2.45) is 13.0 Å². The van der Waals surface area contributed by atoms with Crippen molar-refractivity contribution in [3.8, 4) is 28.8 Å². The van der Waals surface area contributed by atoms with Gasteiger partial charge in [-0.1, -0.05) is 13.0 Å². The van der Waals surface area contributed by atoms with E-state index in [4.69, 9.17) is 9.47 Å². The normalized spacial score (nSPS) is 18.6. The van der Waals surface area contributed by atoms with Gasteiger partial charge < -0.3 is 14.0 Å². The van der Waals surface area contributed by atoms with Gasteiger partial charge in [-0.05, 0) is 49.8 Å². The quantitative estimate of drug-likeness (QED) is 0.556. The summed E-state index contributed by atoms with van der Waals surface area (Å²) in [6.45, 7) is 2.69. The number of rotatable bonds is 1. The average Bonchev–Trinajstić information content (AvgIpc) is 2.78. The molecule has 2 aromatic heterocycles. The van der Waals surface area contributed by atoms with Gasteiger partial charge >= 0.3 is 6.01 Å². The van der Waals surface area contributed by atoms with Crippen molar-refractivity contribution in [2.45, 2.75) is 32.6 Å². The largest absolute Gasteiger partial charge is 0.493 e. The molecule has 1 aromatic carbocycles. The zero-order chi connectivity index (χ0) is 24.1. The molecule has 4 bridgehead atoms. The fourth-order valence-electron chi connectivity index (χ4n) is 3.75. The number of aromatic nitrogens is 3. The predicted molar refractivity (Wildman–Crippen MR) is 130 cm³/mol. The van der Waals surface area contributed by atoms with Crippen molar-refractivity contribution >= 4 is 15.8 Å². The van der Waals surface area contributed by atoms with Crippen LogP contribution in [0.1, 0.15) is 32.6 Å². The third-order valence-electron chi connectivity index (χ3n) is 5.58. The number of ether oxygens (including phenoxy) is 2. The Morgan fingerprint density at radius 3 is 2.68 bits per heavy atom. The zero-order valence-corrected chi connectivity index (χ0v) is 20.0. The fraction of sp³-hybridized carbons (Fsp3) is 0.375. The molecular formula is C24H28N4O5S. The Hall–Kier alpha value is -3.40. The fourth-order valence-corrected chi connectivity index (χ4v) is 4.82. The number of hydrogen-bond donors (Lipinski definition) is 1. The van der Waals surface area contributed by atoms with Crippen molar-refractivity contribution in [1.82, 2.24) is 14.5 Å². The number of nitrogens with one attached hydrogen (secondary N) is 1. The van der Waals surface area contributed by atoms with Gasteiger partial charge in [0.25, 0.3) is 0 Å². The zero-order valence-electron chi connectivity index (χ0n) is 19.2. The molecule has 10 heteroatoms. The second-order valence-corrected chi connectivity index (χ2v) is 10.4. The highest BCUT2D eigenvalue weighted by Gasteiger charge is 2.17. The number of fused-ring (bicyclic) bond motifs is 4. The standard InChI is InChI=1S/C24H28N4O5S/c1-17-6-4-12-32-19-8-3-9-20(14-19)33-24-25-21(18-10-11-23(29)28(2)16-18)15-22(26-24)27-34(30,31)13-5-7-17/h3,8-11,14-17H,4-7,12-13H2,1-2H3,(H,25,26,27). The summed E-state index contributed by atoms with van der Waals surface area (Å²) in [5.74, 6) is 1.61. The van der Waals surface area contributed by atoms with E-state index in [-0.39, 0.29) is 23.1 Å². The maximum atomic E-state index is 12.7. The molecule has 3 aromatic rings. The number of aryl methyl sites for hydroxylation is 1. The van der Waals surface area contributed by atoms with Crippen LogP contribution in [0.3, 0.4) is 0 Å². The maximum Gasteiger partial charge on any atom is 0.324 e. The number of sulfonamides is 1. The van der Waals surface area contributed by atoms with Crippen molar-refractivity contribution in [3.63, 3.8) is 0 Å². The molecule has 9 nitrogen and oxygen atoms in total. The lowest BCUT2D eigenvalue weighted by atomic mass is 10.0. The number of pyridine rings is 1. The maximum absolute atomic E-state index is 12.7. The molecule has 0 saturated heterocycles. The summed E-state index contributed by atoms with van der Waals surface area (Å²) in [6, 6.07) is 11.7. The molecule has 1 atom stereocenters. The Balaban J connectivity index is 1.74. The highest BCUT2D eigenvalue weighted by atomic mass is 32.2. The molecule has 0 aliphatic carbocycles. The topological polar surface area (TPSA) is 112 Å². The van der Waals surface area contributed by atoms with Gasteiger partial charge in [0.15, 0.2) is 0 Å². The molecule has 0 spiro atoms. The van der Waals surface area contributed by atoms with E-state index in [1.807, 2.05) is 12.1 Å². The first kappa shape index (κ1) is 23.7. The number of benzene rings is 1. The Morgan fingerprint density at radius 1 is 1.06 bits per heavy atom. The van der Waals surface area contributed by atoms with Crippen molar-refractivity contribution in [1.29, 1.82) is 0 Å². The van der Waals surface area contributed by atoms with E-state index < -0.39 is 10.0 Å². The first-order chi connectivity index (χ1) is 16.3. The summed E-state index contributed by atoms with van der Waals surface area (Å²) in [4.78, 5) is 20.5. The van der Waals surface area contributed by atoms with E-state index in [0.29, 0.717) is 41.7 Å². The Labute approximate surface area is 198 Å². The van der Waals surface area contributed by atoms with E-state index in [0.717, 1.165) is 19.3 Å². The van der Waals surface area contributed by atoms with Gasteiger partial charge in [-0.25, -0.2) is 8.42 Å². The minimum absolute atomic E-state index is 0.00994. The third-order valence-corrected chi connectivity index (χ3v) is 6.93. The first-order valence-corrected chi connectivity index (χ1v) is 12.9. The molecule has 3 heterocycles. The monoisotopic (exact) mass is 484 g/mol. The molecule has 1 aliphatic heterocycles. The Morgan fingerprint density at radius 2 is 1.85 bits per heavy atom. The summed E-state index contributed by atoms with van der Waals surface area (Å²) in [5.41, 5.74) is 0.863. The summed E-state index contributed by atoms with van der Waals surface area (Å²) >= 11 is 0. The number of nitrogens with zero attached hydrogens (tertiary/aromatic N) is 3. The van der Waals surface area contributed by atoms with Gasteiger partial charge in [-0.2, -0.15) is 9.97 Å². The first-order valence-electron chi connectivity index (χ1n) is 11.2. The second kappa shape index (κ2) is 10.3. The van der Waals surface area contributed by atoms with Gasteiger partial charge in [0, 0.05) is 37.0 Å². The van der Waals surface area contributed by atoms with E-state index in [1.165, 1.54) is 16.7 Å². The highest BCUT2D eigenvalue weighted by molar-refractivity contribution is 7.92. The molecule has 0 saturated carbocycles. The number of hydrogen-bond acceptors (Lipinski definition) is 7. The molecule has 1 unspecified atom stereocenters. The van der Waals surface area contributed by atoms with Crippen molar-refractivity contribution in [2.75, 3.05) is 17.1 Å². The van der Waals surface area contributed by atoms with Gasteiger partial charge in [0.2, 0.25) is 15.6 Å².